The van der Waals surface area contributed by atoms with Crippen molar-refractivity contribution in [2.45, 2.75) is 22.1 Å². The van der Waals surface area contributed by atoms with E-state index in [1.165, 1.54) is 81.4 Å². The van der Waals surface area contributed by atoms with Gasteiger partial charge in [-0.2, -0.15) is 0 Å². The number of rotatable bonds is 2. The Hall–Kier alpha value is -4.59. The maximum Gasteiger partial charge on any atom is 0.0435 e. The van der Waals surface area contributed by atoms with Crippen LogP contribution in [0.2, 0.25) is 0 Å². The fourth-order valence-electron chi connectivity index (χ4n) is 7.32. The molecule has 1 heteroatoms. The van der Waals surface area contributed by atoms with Crippen LogP contribution < -0.4 is 0 Å². The first-order valence-electron chi connectivity index (χ1n) is 14.3. The second-order valence-corrected chi connectivity index (χ2v) is 12.5. The summed E-state index contributed by atoms with van der Waals surface area (Å²) in [5.74, 6) is 0. The van der Waals surface area contributed by atoms with Gasteiger partial charge in [0, 0.05) is 20.6 Å². The maximum absolute atomic E-state index is 2.47. The summed E-state index contributed by atoms with van der Waals surface area (Å²) in [7, 11) is 0. The second kappa shape index (κ2) is 8.46. The fourth-order valence-corrected chi connectivity index (χ4v) is 8.50. The third-order valence-electron chi connectivity index (χ3n) is 9.32. The molecule has 0 saturated heterocycles. The lowest BCUT2D eigenvalue weighted by molar-refractivity contribution is 0.714. The van der Waals surface area contributed by atoms with Gasteiger partial charge in [-0.25, -0.2) is 0 Å². The first-order valence-corrected chi connectivity index (χ1v) is 15.1. The molecule has 0 radical (unpaired) electrons. The molecule has 7 aromatic carbocycles. The van der Waals surface area contributed by atoms with E-state index in [0.29, 0.717) is 0 Å². The summed E-state index contributed by atoms with van der Waals surface area (Å²) in [6.45, 7) is 2.41. The summed E-state index contributed by atoms with van der Waals surface area (Å²) >= 11 is 1.90. The molecular weight excluding hydrogens is 513 g/mol. The molecule has 9 rings (SSSR count). The zero-order valence-electron chi connectivity index (χ0n) is 22.7. The average molecular weight is 539 g/mol. The predicted octanol–water partition coefficient (Wildman–Crippen LogP) is 11.1. The van der Waals surface area contributed by atoms with Crippen molar-refractivity contribution in [1.29, 1.82) is 0 Å². The van der Waals surface area contributed by atoms with Gasteiger partial charge in [-0.3, -0.25) is 0 Å². The van der Waals surface area contributed by atoms with E-state index in [1.807, 2.05) is 11.8 Å². The van der Waals surface area contributed by atoms with E-state index in [-0.39, 0.29) is 5.41 Å². The first kappa shape index (κ1) is 23.1. The van der Waals surface area contributed by atoms with Crippen LogP contribution in [0.25, 0.3) is 54.9 Å². The molecule has 0 nitrogen and oxygen atoms in total. The van der Waals surface area contributed by atoms with Gasteiger partial charge in [0.15, 0.2) is 0 Å². The molecule has 1 heterocycles. The van der Waals surface area contributed by atoms with Crippen molar-refractivity contribution >= 4 is 33.3 Å². The van der Waals surface area contributed by atoms with E-state index in [1.54, 1.807) is 0 Å². The van der Waals surface area contributed by atoms with Gasteiger partial charge in [-0.05, 0) is 97.4 Å². The fraction of sp³-hybridized carbons (Fsp3) is 0.0500. The third kappa shape index (κ3) is 3.18. The van der Waals surface area contributed by atoms with Gasteiger partial charge >= 0.3 is 0 Å². The van der Waals surface area contributed by atoms with E-state index >= 15 is 0 Å². The Morgan fingerprint density at radius 2 is 1.27 bits per heavy atom. The van der Waals surface area contributed by atoms with Crippen molar-refractivity contribution in [2.24, 2.45) is 0 Å². The summed E-state index contributed by atoms with van der Waals surface area (Å²) in [4.78, 5) is 2.67. The average Bonchev–Trinajstić information content (AvgIpc) is 3.30. The van der Waals surface area contributed by atoms with Crippen molar-refractivity contribution in [3.8, 4) is 33.4 Å². The topological polar surface area (TPSA) is 0 Å². The molecule has 192 valence electrons. The third-order valence-corrected chi connectivity index (χ3v) is 10.4. The molecule has 0 fully saturated rings. The highest BCUT2D eigenvalue weighted by molar-refractivity contribution is 7.99. The van der Waals surface area contributed by atoms with Gasteiger partial charge in [0.25, 0.3) is 0 Å². The lowest BCUT2D eigenvalue weighted by Crippen LogP contribution is -2.22. The van der Waals surface area contributed by atoms with Crippen LogP contribution in [0.5, 0.6) is 0 Å². The minimum Gasteiger partial charge on any atom is -0.0888 e. The lowest BCUT2D eigenvalue weighted by atomic mass is 9.73. The number of hydrogen-bond acceptors (Lipinski definition) is 1. The second-order valence-electron chi connectivity index (χ2n) is 11.4. The molecule has 7 aromatic rings. The van der Waals surface area contributed by atoms with Crippen molar-refractivity contribution in [1.82, 2.24) is 0 Å². The van der Waals surface area contributed by atoms with Gasteiger partial charge in [-0.1, -0.05) is 127 Å². The molecular formula is C40H26S. The number of hydrogen-bond donors (Lipinski definition) is 0. The minimum atomic E-state index is -0.238. The predicted molar refractivity (Wildman–Crippen MR) is 174 cm³/mol. The van der Waals surface area contributed by atoms with E-state index < -0.39 is 0 Å². The van der Waals surface area contributed by atoms with E-state index in [0.717, 1.165) is 0 Å². The molecule has 0 bridgehead atoms. The Bertz CT molecular complexity index is 2190. The highest BCUT2D eigenvalue weighted by Crippen LogP contribution is 2.55. The molecule has 0 N–H and O–H groups in total. The van der Waals surface area contributed by atoms with Crippen LogP contribution in [0.4, 0.5) is 0 Å². The van der Waals surface area contributed by atoms with Crippen LogP contribution >= 0.6 is 11.8 Å². The highest BCUT2D eigenvalue weighted by Gasteiger charge is 2.41. The summed E-state index contributed by atoms with van der Waals surface area (Å²) in [5, 5.41) is 5.29. The molecule has 1 aliphatic carbocycles. The molecule has 0 saturated carbocycles. The molecule has 2 aliphatic rings. The van der Waals surface area contributed by atoms with E-state index in [9.17, 15) is 0 Å². The van der Waals surface area contributed by atoms with Crippen LogP contribution in [0.1, 0.15) is 23.6 Å². The Labute approximate surface area is 244 Å². The van der Waals surface area contributed by atoms with Crippen LogP contribution in [-0.4, -0.2) is 0 Å². The Morgan fingerprint density at radius 3 is 2.20 bits per heavy atom. The monoisotopic (exact) mass is 538 g/mol. The SMILES string of the molecule is CC1(c2ccccc2)c2cc(-c3cc4c5c(cccc5c3)-c3ccccc3S4)ccc2-c2c1ccc1ccccc21. The van der Waals surface area contributed by atoms with Gasteiger partial charge < -0.3 is 0 Å². The van der Waals surface area contributed by atoms with Crippen molar-refractivity contribution < 1.29 is 0 Å². The van der Waals surface area contributed by atoms with Crippen LogP contribution in [0.15, 0.2) is 149 Å². The number of fused-ring (bicyclic) bond motifs is 7. The molecule has 1 unspecified atom stereocenters. The van der Waals surface area contributed by atoms with Crippen molar-refractivity contribution in [3.05, 3.63) is 156 Å². The molecule has 0 spiro atoms. The molecule has 0 amide bonds. The molecule has 41 heavy (non-hydrogen) atoms. The van der Waals surface area contributed by atoms with Crippen molar-refractivity contribution in [2.75, 3.05) is 0 Å². The summed E-state index contributed by atoms with van der Waals surface area (Å²) in [6.07, 6.45) is 0. The van der Waals surface area contributed by atoms with Crippen LogP contribution in [0, 0.1) is 0 Å². The molecule has 1 aliphatic heterocycles. The molecule has 0 aromatic heterocycles. The minimum absolute atomic E-state index is 0.238. The van der Waals surface area contributed by atoms with E-state index in [2.05, 4.69) is 146 Å². The smallest absolute Gasteiger partial charge is 0.0435 e. The summed E-state index contributed by atoms with van der Waals surface area (Å²) in [5.41, 5.74) is 11.8. The first-order chi connectivity index (χ1) is 20.2. The summed E-state index contributed by atoms with van der Waals surface area (Å²) in [6, 6.07) is 52.0. The largest absolute Gasteiger partial charge is 0.0888 e. The molecule has 1 atom stereocenters. The van der Waals surface area contributed by atoms with Gasteiger partial charge in [0.1, 0.15) is 0 Å². The van der Waals surface area contributed by atoms with Gasteiger partial charge in [-0.15, -0.1) is 0 Å². The summed E-state index contributed by atoms with van der Waals surface area (Å²) < 4.78 is 0. The Kier molecular flexibility index (Phi) is 4.77. The normalized spacial score (nSPS) is 16.4. The highest BCUT2D eigenvalue weighted by atomic mass is 32.2. The zero-order valence-corrected chi connectivity index (χ0v) is 23.5. The zero-order chi connectivity index (χ0) is 27.1. The van der Waals surface area contributed by atoms with Crippen molar-refractivity contribution in [3.63, 3.8) is 0 Å². The quantitative estimate of drug-likeness (QED) is 0.211. The van der Waals surface area contributed by atoms with E-state index in [4.69, 9.17) is 0 Å². The van der Waals surface area contributed by atoms with Gasteiger partial charge in [0.2, 0.25) is 0 Å². The number of benzene rings is 7. The maximum atomic E-state index is 2.47. The lowest BCUT2D eigenvalue weighted by Gasteiger charge is -2.29. The Morgan fingerprint density at radius 1 is 0.488 bits per heavy atom. The Balaban J connectivity index is 1.29. The standard InChI is InChI=1S/C40H26S/c1-40(29-12-3-2-4-13-29)34-21-19-25-10-5-6-14-30(25)39(34)33-20-18-26(23-35(33)40)28-22-27-11-9-16-32-31-15-7-8-17-36(31)41-37(24-28)38(27)32/h2-24H,1H3. The van der Waals surface area contributed by atoms with Crippen LogP contribution in [-0.2, 0) is 5.41 Å². The van der Waals surface area contributed by atoms with Gasteiger partial charge in [0.05, 0.1) is 0 Å². The van der Waals surface area contributed by atoms with Crippen LogP contribution in [0.3, 0.4) is 0 Å².